The van der Waals surface area contributed by atoms with Gasteiger partial charge in [0, 0.05) is 30.5 Å². The second kappa shape index (κ2) is 7.06. The average Bonchev–Trinajstić information content (AvgIpc) is 3.30. The molecule has 0 bridgehead atoms. The molecule has 32 heavy (non-hydrogen) atoms. The van der Waals surface area contributed by atoms with Crippen LogP contribution in [0.5, 0.6) is 0 Å². The Morgan fingerprint density at radius 3 is 2.69 bits per heavy atom. The van der Waals surface area contributed by atoms with Crippen molar-refractivity contribution in [1.82, 2.24) is 24.8 Å². The third-order valence-electron chi connectivity index (χ3n) is 6.06. The summed E-state index contributed by atoms with van der Waals surface area (Å²) in [5, 5.41) is 7.48. The van der Waals surface area contributed by atoms with Gasteiger partial charge in [-0.1, -0.05) is 18.2 Å². The average molecular weight is 425 g/mol. The Hall–Kier alpha value is -3.91. The van der Waals surface area contributed by atoms with Crippen LogP contribution in [0.15, 0.2) is 53.3 Å². The van der Waals surface area contributed by atoms with Crippen LogP contribution >= 0.6 is 0 Å². The Bertz CT molecular complexity index is 1460. The zero-order valence-electron chi connectivity index (χ0n) is 17.9. The highest BCUT2D eigenvalue weighted by Crippen LogP contribution is 2.35. The number of nitrogens with zero attached hydrogens (tertiary/aromatic N) is 4. The normalized spacial score (nSPS) is 14.2. The van der Waals surface area contributed by atoms with E-state index in [0.717, 1.165) is 57.6 Å². The molecule has 1 aliphatic rings. The van der Waals surface area contributed by atoms with Gasteiger partial charge >= 0.3 is 0 Å². The Kier molecular flexibility index (Phi) is 4.16. The standard InChI is InChI=1S/C24H23N7O/c1-13-7-14(2)21-19(8-13)30-24(32-21)29-16-5-3-15(4-6-16)18-11-31(17-9-26-10-17)23-20(18)22(25)27-12-28-23/h3-8,11-12,17,26H,9-10H2,1-2H3,(H,29,30)(H2,25,27,28). The van der Waals surface area contributed by atoms with Gasteiger partial charge in [-0.25, -0.2) is 9.97 Å². The Morgan fingerprint density at radius 2 is 1.94 bits per heavy atom. The second-order valence-electron chi connectivity index (χ2n) is 8.37. The minimum Gasteiger partial charge on any atom is -0.423 e. The first kappa shape index (κ1) is 18.8. The van der Waals surface area contributed by atoms with Crippen LogP contribution in [0.25, 0.3) is 33.3 Å². The molecule has 1 aliphatic heterocycles. The maximum Gasteiger partial charge on any atom is 0.300 e. The Balaban J connectivity index is 1.34. The molecule has 4 N–H and O–H groups in total. The smallest absolute Gasteiger partial charge is 0.300 e. The van der Waals surface area contributed by atoms with Gasteiger partial charge in [-0.05, 0) is 48.7 Å². The number of aromatic nitrogens is 4. The lowest BCUT2D eigenvalue weighted by Gasteiger charge is -2.28. The van der Waals surface area contributed by atoms with E-state index in [4.69, 9.17) is 10.2 Å². The summed E-state index contributed by atoms with van der Waals surface area (Å²) in [4.78, 5) is 13.3. The van der Waals surface area contributed by atoms with Crippen molar-refractivity contribution < 1.29 is 4.42 Å². The molecule has 8 nitrogen and oxygen atoms in total. The van der Waals surface area contributed by atoms with Crippen LogP contribution in [0.4, 0.5) is 17.5 Å². The third kappa shape index (κ3) is 2.99. The van der Waals surface area contributed by atoms with Crippen molar-refractivity contribution >= 4 is 39.7 Å². The second-order valence-corrected chi connectivity index (χ2v) is 8.37. The predicted molar refractivity (Wildman–Crippen MR) is 126 cm³/mol. The van der Waals surface area contributed by atoms with Crippen LogP contribution in [-0.4, -0.2) is 32.6 Å². The fourth-order valence-corrected chi connectivity index (χ4v) is 4.36. The molecule has 0 spiro atoms. The van der Waals surface area contributed by atoms with Gasteiger partial charge in [0.1, 0.15) is 23.3 Å². The van der Waals surface area contributed by atoms with Crippen molar-refractivity contribution in [1.29, 1.82) is 0 Å². The molecule has 6 rings (SSSR count). The first-order chi connectivity index (χ1) is 15.6. The molecule has 3 aromatic heterocycles. The fraction of sp³-hybridized carbons (Fsp3) is 0.208. The van der Waals surface area contributed by atoms with E-state index in [1.807, 2.05) is 25.1 Å². The van der Waals surface area contributed by atoms with Gasteiger partial charge in [-0.15, -0.1) is 0 Å². The molecule has 4 heterocycles. The van der Waals surface area contributed by atoms with Gasteiger partial charge in [0.2, 0.25) is 0 Å². The first-order valence-corrected chi connectivity index (χ1v) is 10.6. The molecule has 0 aliphatic carbocycles. The van der Waals surface area contributed by atoms with E-state index in [2.05, 4.69) is 61.5 Å². The highest BCUT2D eigenvalue weighted by atomic mass is 16.4. The van der Waals surface area contributed by atoms with Crippen molar-refractivity contribution in [3.63, 3.8) is 0 Å². The number of nitrogens with two attached hydrogens (primary N) is 1. The van der Waals surface area contributed by atoms with E-state index in [-0.39, 0.29) is 0 Å². The number of nitrogens with one attached hydrogen (secondary N) is 2. The monoisotopic (exact) mass is 425 g/mol. The van der Waals surface area contributed by atoms with Crippen LogP contribution in [0.1, 0.15) is 17.2 Å². The van der Waals surface area contributed by atoms with Crippen molar-refractivity contribution in [3.05, 3.63) is 60.0 Å². The van der Waals surface area contributed by atoms with Gasteiger partial charge in [0.05, 0.1) is 11.4 Å². The van der Waals surface area contributed by atoms with Gasteiger partial charge in [0.25, 0.3) is 6.01 Å². The van der Waals surface area contributed by atoms with E-state index in [0.29, 0.717) is 17.9 Å². The lowest BCUT2D eigenvalue weighted by Crippen LogP contribution is -2.43. The Labute approximate surface area is 184 Å². The summed E-state index contributed by atoms with van der Waals surface area (Å²) in [6.07, 6.45) is 3.66. The first-order valence-electron chi connectivity index (χ1n) is 10.6. The number of hydrogen-bond acceptors (Lipinski definition) is 7. The summed E-state index contributed by atoms with van der Waals surface area (Å²) in [5.74, 6) is 0.496. The minimum atomic E-state index is 0.382. The molecule has 8 heteroatoms. The lowest BCUT2D eigenvalue weighted by atomic mass is 10.1. The SMILES string of the molecule is Cc1cc(C)c2oc(Nc3ccc(-c4cn(C5CNC5)c5ncnc(N)c45)cc3)nc2c1. The van der Waals surface area contributed by atoms with Crippen LogP contribution < -0.4 is 16.4 Å². The van der Waals surface area contributed by atoms with Crippen molar-refractivity contribution in [3.8, 4) is 11.1 Å². The maximum atomic E-state index is 6.25. The molecule has 1 fully saturated rings. The zero-order chi connectivity index (χ0) is 21.8. The van der Waals surface area contributed by atoms with E-state index in [1.165, 1.54) is 11.9 Å². The summed E-state index contributed by atoms with van der Waals surface area (Å²) >= 11 is 0. The Morgan fingerprint density at radius 1 is 1.12 bits per heavy atom. The van der Waals surface area contributed by atoms with E-state index < -0.39 is 0 Å². The molecule has 0 unspecified atom stereocenters. The molecule has 0 amide bonds. The van der Waals surface area contributed by atoms with Gasteiger partial charge in [0.15, 0.2) is 5.58 Å². The van der Waals surface area contributed by atoms with Crippen LogP contribution in [-0.2, 0) is 0 Å². The number of nitrogen functional groups attached to an aromatic ring is 1. The zero-order valence-corrected chi connectivity index (χ0v) is 17.9. The molecule has 0 atom stereocenters. The summed E-state index contributed by atoms with van der Waals surface area (Å²) in [7, 11) is 0. The molecule has 1 saturated heterocycles. The number of rotatable bonds is 4. The van der Waals surface area contributed by atoms with Gasteiger partial charge < -0.3 is 25.4 Å². The van der Waals surface area contributed by atoms with Gasteiger partial charge in [-0.3, -0.25) is 0 Å². The molecular formula is C24H23N7O. The quantitative estimate of drug-likeness (QED) is 0.393. The fourth-order valence-electron chi connectivity index (χ4n) is 4.36. The number of anilines is 3. The number of fused-ring (bicyclic) bond motifs is 2. The third-order valence-corrected chi connectivity index (χ3v) is 6.06. The highest BCUT2D eigenvalue weighted by molar-refractivity contribution is 6.00. The number of oxazole rings is 1. The van der Waals surface area contributed by atoms with E-state index in [1.54, 1.807) is 0 Å². The predicted octanol–water partition coefficient (Wildman–Crippen LogP) is 4.33. The topological polar surface area (TPSA) is 107 Å². The van der Waals surface area contributed by atoms with Crippen LogP contribution in [0.2, 0.25) is 0 Å². The van der Waals surface area contributed by atoms with E-state index >= 15 is 0 Å². The number of aryl methyl sites for hydroxylation is 2. The molecular weight excluding hydrogens is 402 g/mol. The number of hydrogen-bond donors (Lipinski definition) is 3. The summed E-state index contributed by atoms with van der Waals surface area (Å²) in [6.45, 7) is 5.95. The van der Waals surface area contributed by atoms with Crippen molar-refractivity contribution in [2.75, 3.05) is 24.1 Å². The molecule has 5 aromatic rings. The van der Waals surface area contributed by atoms with Crippen molar-refractivity contribution in [2.45, 2.75) is 19.9 Å². The maximum absolute atomic E-state index is 6.25. The number of benzene rings is 2. The van der Waals surface area contributed by atoms with Crippen LogP contribution in [0, 0.1) is 13.8 Å². The minimum absolute atomic E-state index is 0.382. The lowest BCUT2D eigenvalue weighted by molar-refractivity contribution is 0.350. The largest absolute Gasteiger partial charge is 0.423 e. The van der Waals surface area contributed by atoms with E-state index in [9.17, 15) is 0 Å². The molecule has 0 saturated carbocycles. The summed E-state index contributed by atoms with van der Waals surface area (Å²) in [5.41, 5.74) is 14.0. The molecule has 2 aromatic carbocycles. The molecule has 160 valence electrons. The summed E-state index contributed by atoms with van der Waals surface area (Å²) in [6, 6.07) is 13.1. The van der Waals surface area contributed by atoms with Crippen LogP contribution in [0.3, 0.4) is 0 Å². The van der Waals surface area contributed by atoms with Crippen molar-refractivity contribution in [2.24, 2.45) is 0 Å². The summed E-state index contributed by atoms with van der Waals surface area (Å²) < 4.78 is 8.13. The molecule has 0 radical (unpaired) electrons. The highest BCUT2D eigenvalue weighted by Gasteiger charge is 2.24. The van der Waals surface area contributed by atoms with Gasteiger partial charge in [-0.2, -0.15) is 4.98 Å².